The average molecular weight is 388 g/mol. The summed E-state index contributed by atoms with van der Waals surface area (Å²) in [6.07, 6.45) is 5.93. The molecule has 0 aromatic heterocycles. The van der Waals surface area contributed by atoms with E-state index in [2.05, 4.69) is 21.2 Å². The third kappa shape index (κ3) is 4.60. The Morgan fingerprint density at radius 2 is 1.75 bits per heavy atom. The van der Waals surface area contributed by atoms with Crippen LogP contribution in [0.3, 0.4) is 0 Å². The number of amides is 1. The lowest BCUT2D eigenvalue weighted by atomic mass is 9.95. The maximum atomic E-state index is 12.3. The van der Waals surface area contributed by atoms with Gasteiger partial charge < -0.3 is 10.1 Å². The molecular formula is C20H22BrNO2. The molecule has 2 aromatic carbocycles. The van der Waals surface area contributed by atoms with E-state index in [4.69, 9.17) is 4.74 Å². The van der Waals surface area contributed by atoms with Crippen LogP contribution in [-0.4, -0.2) is 11.9 Å². The number of halogens is 1. The zero-order chi connectivity index (χ0) is 16.8. The zero-order valence-corrected chi connectivity index (χ0v) is 15.2. The summed E-state index contributed by atoms with van der Waals surface area (Å²) in [5.74, 6) is 0.844. The van der Waals surface area contributed by atoms with Gasteiger partial charge in [-0.1, -0.05) is 43.5 Å². The monoisotopic (exact) mass is 387 g/mol. The molecule has 24 heavy (non-hydrogen) atoms. The fourth-order valence-electron chi connectivity index (χ4n) is 2.99. The molecule has 0 atom stereocenters. The van der Waals surface area contributed by atoms with Crippen molar-refractivity contribution in [3.05, 3.63) is 64.1 Å². The normalized spacial score (nSPS) is 15.0. The molecule has 2 aromatic rings. The Morgan fingerprint density at radius 3 is 2.46 bits per heavy atom. The van der Waals surface area contributed by atoms with Gasteiger partial charge in [0.25, 0.3) is 5.91 Å². The first-order valence-electron chi connectivity index (χ1n) is 8.49. The molecule has 1 saturated carbocycles. The minimum atomic E-state index is 0.0279. The van der Waals surface area contributed by atoms with E-state index in [9.17, 15) is 4.79 Å². The number of hydrogen-bond acceptors (Lipinski definition) is 2. The van der Waals surface area contributed by atoms with Crippen LogP contribution in [0.5, 0.6) is 5.75 Å². The maximum Gasteiger partial charge on any atom is 0.251 e. The summed E-state index contributed by atoms with van der Waals surface area (Å²) in [5, 5.41) is 3.14. The van der Waals surface area contributed by atoms with Crippen molar-refractivity contribution < 1.29 is 9.53 Å². The molecule has 1 fully saturated rings. The second kappa shape index (κ2) is 8.34. The van der Waals surface area contributed by atoms with Gasteiger partial charge in [-0.05, 0) is 58.6 Å². The highest BCUT2D eigenvalue weighted by molar-refractivity contribution is 9.10. The van der Waals surface area contributed by atoms with E-state index in [1.165, 1.54) is 19.3 Å². The van der Waals surface area contributed by atoms with Gasteiger partial charge in [0.2, 0.25) is 0 Å². The SMILES string of the molecule is O=C(NC1CCCCC1)c1ccc(COc2ccccc2Br)cc1. The molecule has 0 saturated heterocycles. The fourth-order valence-corrected chi connectivity index (χ4v) is 3.39. The first-order valence-corrected chi connectivity index (χ1v) is 9.29. The van der Waals surface area contributed by atoms with Gasteiger partial charge in [-0.25, -0.2) is 0 Å². The molecule has 0 heterocycles. The van der Waals surface area contributed by atoms with Crippen LogP contribution in [0.25, 0.3) is 0 Å². The lowest BCUT2D eigenvalue weighted by Crippen LogP contribution is -2.36. The molecule has 0 aliphatic heterocycles. The molecule has 4 heteroatoms. The average Bonchev–Trinajstić information content (AvgIpc) is 2.62. The molecule has 1 N–H and O–H groups in total. The van der Waals surface area contributed by atoms with Gasteiger partial charge in [0.15, 0.2) is 0 Å². The van der Waals surface area contributed by atoms with Crippen LogP contribution in [0.2, 0.25) is 0 Å². The zero-order valence-electron chi connectivity index (χ0n) is 13.6. The van der Waals surface area contributed by atoms with Gasteiger partial charge in [-0.2, -0.15) is 0 Å². The quantitative estimate of drug-likeness (QED) is 0.775. The van der Waals surface area contributed by atoms with Gasteiger partial charge in [-0.3, -0.25) is 4.79 Å². The molecular weight excluding hydrogens is 366 g/mol. The predicted molar refractivity (Wildman–Crippen MR) is 99.3 cm³/mol. The Bertz CT molecular complexity index is 678. The lowest BCUT2D eigenvalue weighted by Gasteiger charge is -2.22. The third-order valence-electron chi connectivity index (χ3n) is 4.39. The second-order valence-corrected chi connectivity index (χ2v) is 7.08. The third-order valence-corrected chi connectivity index (χ3v) is 5.04. The van der Waals surface area contributed by atoms with E-state index in [0.717, 1.165) is 28.6 Å². The van der Waals surface area contributed by atoms with Crippen molar-refractivity contribution in [1.29, 1.82) is 0 Å². The number of ether oxygens (including phenoxy) is 1. The molecule has 0 spiro atoms. The van der Waals surface area contributed by atoms with Crippen LogP contribution in [0.4, 0.5) is 0 Å². The summed E-state index contributed by atoms with van der Waals surface area (Å²) in [6, 6.07) is 15.8. The van der Waals surface area contributed by atoms with Crippen LogP contribution in [0, 0.1) is 0 Å². The first kappa shape index (κ1) is 17.0. The molecule has 0 bridgehead atoms. The summed E-state index contributed by atoms with van der Waals surface area (Å²) >= 11 is 3.47. The molecule has 126 valence electrons. The Balaban J connectivity index is 1.54. The van der Waals surface area contributed by atoms with Crippen LogP contribution in [0.15, 0.2) is 53.0 Å². The Kier molecular flexibility index (Phi) is 5.91. The molecule has 1 aliphatic rings. The van der Waals surface area contributed by atoms with E-state index in [0.29, 0.717) is 18.2 Å². The fraction of sp³-hybridized carbons (Fsp3) is 0.350. The van der Waals surface area contributed by atoms with E-state index < -0.39 is 0 Å². The standard InChI is InChI=1S/C20H22BrNO2/c21-18-8-4-5-9-19(18)24-14-15-10-12-16(13-11-15)20(23)22-17-6-2-1-3-7-17/h4-5,8-13,17H,1-3,6-7,14H2,(H,22,23). The number of para-hydroxylation sites is 1. The van der Waals surface area contributed by atoms with Crippen molar-refractivity contribution in [2.45, 2.75) is 44.8 Å². The molecule has 3 nitrogen and oxygen atoms in total. The van der Waals surface area contributed by atoms with Gasteiger partial charge in [0.05, 0.1) is 4.47 Å². The van der Waals surface area contributed by atoms with Gasteiger partial charge in [0.1, 0.15) is 12.4 Å². The molecule has 3 rings (SSSR count). The summed E-state index contributed by atoms with van der Waals surface area (Å²) in [6.45, 7) is 0.479. The highest BCUT2D eigenvalue weighted by Crippen LogP contribution is 2.24. The number of carbonyl (C=O) groups is 1. The molecule has 0 unspecified atom stereocenters. The van der Waals surface area contributed by atoms with Crippen molar-refractivity contribution in [1.82, 2.24) is 5.32 Å². The number of hydrogen-bond donors (Lipinski definition) is 1. The van der Waals surface area contributed by atoms with Crippen LogP contribution in [0.1, 0.15) is 48.0 Å². The van der Waals surface area contributed by atoms with Crippen molar-refractivity contribution in [2.75, 3.05) is 0 Å². The highest BCUT2D eigenvalue weighted by Gasteiger charge is 2.16. The van der Waals surface area contributed by atoms with Gasteiger partial charge in [0, 0.05) is 11.6 Å². The number of nitrogens with one attached hydrogen (secondary N) is 1. The predicted octanol–water partition coefficient (Wildman–Crippen LogP) is 5.09. The molecule has 1 aliphatic carbocycles. The van der Waals surface area contributed by atoms with Crippen LogP contribution < -0.4 is 10.1 Å². The van der Waals surface area contributed by atoms with Crippen LogP contribution in [-0.2, 0) is 6.61 Å². The van der Waals surface area contributed by atoms with Crippen molar-refractivity contribution in [3.63, 3.8) is 0 Å². The number of carbonyl (C=O) groups excluding carboxylic acids is 1. The highest BCUT2D eigenvalue weighted by atomic mass is 79.9. The Labute approximate surface area is 151 Å². The summed E-state index contributed by atoms with van der Waals surface area (Å²) in [4.78, 5) is 12.3. The van der Waals surface area contributed by atoms with Gasteiger partial charge >= 0.3 is 0 Å². The largest absolute Gasteiger partial charge is 0.488 e. The van der Waals surface area contributed by atoms with Crippen molar-refractivity contribution >= 4 is 21.8 Å². The van der Waals surface area contributed by atoms with E-state index in [1.54, 1.807) is 0 Å². The van der Waals surface area contributed by atoms with E-state index in [1.807, 2.05) is 48.5 Å². The number of rotatable bonds is 5. The Morgan fingerprint density at radius 1 is 1.04 bits per heavy atom. The maximum absolute atomic E-state index is 12.3. The summed E-state index contributed by atoms with van der Waals surface area (Å²) in [5.41, 5.74) is 1.75. The second-order valence-electron chi connectivity index (χ2n) is 6.22. The molecule has 1 amide bonds. The Hall–Kier alpha value is -1.81. The van der Waals surface area contributed by atoms with E-state index >= 15 is 0 Å². The first-order chi connectivity index (χ1) is 11.7. The number of benzene rings is 2. The topological polar surface area (TPSA) is 38.3 Å². The summed E-state index contributed by atoms with van der Waals surface area (Å²) in [7, 11) is 0. The lowest BCUT2D eigenvalue weighted by molar-refractivity contribution is 0.0927. The molecule has 0 radical (unpaired) electrons. The van der Waals surface area contributed by atoms with Crippen molar-refractivity contribution in [2.24, 2.45) is 0 Å². The van der Waals surface area contributed by atoms with Crippen LogP contribution >= 0.6 is 15.9 Å². The summed E-state index contributed by atoms with van der Waals surface area (Å²) < 4.78 is 6.74. The smallest absolute Gasteiger partial charge is 0.251 e. The van der Waals surface area contributed by atoms with E-state index in [-0.39, 0.29) is 5.91 Å². The minimum absolute atomic E-state index is 0.0279. The minimum Gasteiger partial charge on any atom is -0.488 e. The van der Waals surface area contributed by atoms with Crippen molar-refractivity contribution in [3.8, 4) is 5.75 Å². The van der Waals surface area contributed by atoms with Gasteiger partial charge in [-0.15, -0.1) is 0 Å².